The highest BCUT2D eigenvalue weighted by molar-refractivity contribution is 6.32. The third kappa shape index (κ3) is 11.6. The van der Waals surface area contributed by atoms with Crippen molar-refractivity contribution >= 4 is 36.0 Å². The highest BCUT2D eigenvalue weighted by atomic mass is 35.5. The summed E-state index contributed by atoms with van der Waals surface area (Å²) in [7, 11) is 0. The topological polar surface area (TPSA) is 64.1 Å². The Kier molecular flexibility index (Phi) is 14.7. The zero-order valence-corrected chi connectivity index (χ0v) is 33.3. The van der Waals surface area contributed by atoms with Crippen molar-refractivity contribution in [2.75, 3.05) is 32.8 Å². The van der Waals surface area contributed by atoms with Gasteiger partial charge in [-0.15, -0.1) is 12.4 Å². The number of piperazine rings is 1. The SMILES string of the molecule is Cc1cc(/C=C/C(=O)N2CCN(Cc3ccc(CCOc4ccc(C(C)C)cc4)cc3)CC2)cc(Cl)c1Oc1ccc(OCc2cccc(F)c2C)cn1.Cl. The molecule has 1 aromatic heterocycles. The molecule has 1 aliphatic rings. The van der Waals surface area contributed by atoms with Gasteiger partial charge in [-0.25, -0.2) is 9.37 Å². The van der Waals surface area contributed by atoms with Gasteiger partial charge in [0.1, 0.15) is 23.9 Å². The molecule has 0 atom stereocenters. The number of carbonyl (C=O) groups excluding carboxylic acids is 1. The molecule has 0 bridgehead atoms. The molecule has 1 amide bonds. The number of hydrogen-bond donors (Lipinski definition) is 0. The first kappa shape index (κ1) is 41.3. The maximum atomic E-state index is 13.8. The van der Waals surface area contributed by atoms with E-state index in [1.165, 1.54) is 22.8 Å². The van der Waals surface area contributed by atoms with Crippen LogP contribution >= 0.6 is 24.0 Å². The highest BCUT2D eigenvalue weighted by Gasteiger charge is 2.20. The highest BCUT2D eigenvalue weighted by Crippen LogP contribution is 2.34. The monoisotopic (exact) mass is 783 g/mol. The Bertz CT molecular complexity index is 2020. The van der Waals surface area contributed by atoms with Crippen molar-refractivity contribution in [3.05, 3.63) is 153 Å². The first-order valence-corrected chi connectivity index (χ1v) is 18.8. The van der Waals surface area contributed by atoms with Gasteiger partial charge in [0.25, 0.3) is 0 Å². The van der Waals surface area contributed by atoms with Gasteiger partial charge >= 0.3 is 0 Å². The minimum atomic E-state index is -0.261. The van der Waals surface area contributed by atoms with E-state index in [1.807, 2.05) is 36.1 Å². The largest absolute Gasteiger partial charge is 0.493 e. The van der Waals surface area contributed by atoms with E-state index >= 15 is 0 Å². The smallest absolute Gasteiger partial charge is 0.246 e. The number of halogens is 3. The van der Waals surface area contributed by atoms with Gasteiger partial charge in [0.15, 0.2) is 5.75 Å². The van der Waals surface area contributed by atoms with Crippen LogP contribution in [0.2, 0.25) is 5.02 Å². The van der Waals surface area contributed by atoms with E-state index in [0.717, 1.165) is 48.5 Å². The fraction of sp³-hybridized carbons (Fsp3) is 0.289. The lowest BCUT2D eigenvalue weighted by Crippen LogP contribution is -2.47. The average Bonchev–Trinajstić information content (AvgIpc) is 3.17. The molecule has 1 saturated heterocycles. The van der Waals surface area contributed by atoms with E-state index in [4.69, 9.17) is 25.8 Å². The number of benzene rings is 4. The summed E-state index contributed by atoms with van der Waals surface area (Å²) in [5.41, 5.74) is 6.77. The molecule has 0 radical (unpaired) electrons. The van der Waals surface area contributed by atoms with E-state index in [0.29, 0.717) is 53.6 Å². The zero-order valence-electron chi connectivity index (χ0n) is 31.8. The molecular weight excluding hydrogens is 736 g/mol. The molecule has 2 heterocycles. The second-order valence-corrected chi connectivity index (χ2v) is 14.4. The van der Waals surface area contributed by atoms with Crippen LogP contribution in [-0.4, -0.2) is 53.5 Å². The molecule has 7 nitrogen and oxygen atoms in total. The summed E-state index contributed by atoms with van der Waals surface area (Å²) >= 11 is 6.63. The van der Waals surface area contributed by atoms with Crippen LogP contribution in [0, 0.1) is 19.7 Å². The van der Waals surface area contributed by atoms with Gasteiger partial charge in [-0.05, 0) is 101 Å². The third-order valence-electron chi connectivity index (χ3n) is 9.68. The van der Waals surface area contributed by atoms with Crippen LogP contribution in [0.25, 0.3) is 6.08 Å². The van der Waals surface area contributed by atoms with Gasteiger partial charge in [0, 0.05) is 51.3 Å². The Labute approximate surface area is 335 Å². The van der Waals surface area contributed by atoms with E-state index < -0.39 is 0 Å². The van der Waals surface area contributed by atoms with Crippen LogP contribution < -0.4 is 14.2 Å². The van der Waals surface area contributed by atoms with Crippen molar-refractivity contribution in [3.63, 3.8) is 0 Å². The summed E-state index contributed by atoms with van der Waals surface area (Å²) in [4.78, 5) is 21.7. The summed E-state index contributed by atoms with van der Waals surface area (Å²) in [6.07, 6.45) is 5.81. The molecule has 5 aromatic rings. The van der Waals surface area contributed by atoms with E-state index in [-0.39, 0.29) is 30.7 Å². The summed E-state index contributed by atoms with van der Waals surface area (Å²) < 4.78 is 31.6. The Morgan fingerprint density at radius 1 is 0.891 bits per heavy atom. The Balaban J connectivity index is 0.00000580. The van der Waals surface area contributed by atoms with Crippen LogP contribution in [0.5, 0.6) is 23.1 Å². The second kappa shape index (κ2) is 19.6. The van der Waals surface area contributed by atoms with Crippen LogP contribution in [0.1, 0.15) is 58.7 Å². The number of ether oxygens (including phenoxy) is 3. The first-order valence-electron chi connectivity index (χ1n) is 18.4. The molecule has 0 aliphatic carbocycles. The van der Waals surface area contributed by atoms with Gasteiger partial charge < -0.3 is 19.1 Å². The maximum Gasteiger partial charge on any atom is 0.246 e. The Morgan fingerprint density at radius 2 is 1.60 bits per heavy atom. The first-order chi connectivity index (χ1) is 26.1. The molecule has 6 rings (SSSR count). The number of aromatic nitrogens is 1. The van der Waals surface area contributed by atoms with Crippen LogP contribution in [0.4, 0.5) is 4.39 Å². The number of nitrogens with zero attached hydrogens (tertiary/aromatic N) is 3. The van der Waals surface area contributed by atoms with E-state index in [1.54, 1.807) is 49.5 Å². The van der Waals surface area contributed by atoms with Gasteiger partial charge in [-0.2, -0.15) is 0 Å². The Morgan fingerprint density at radius 3 is 2.27 bits per heavy atom. The quantitative estimate of drug-likeness (QED) is 0.105. The van der Waals surface area contributed by atoms with Crippen molar-refractivity contribution in [2.45, 2.75) is 53.2 Å². The number of pyridine rings is 1. The van der Waals surface area contributed by atoms with Gasteiger partial charge in [0.05, 0.1) is 17.8 Å². The van der Waals surface area contributed by atoms with Crippen LogP contribution in [0.15, 0.2) is 103 Å². The molecule has 1 fully saturated rings. The van der Waals surface area contributed by atoms with Crippen molar-refractivity contribution < 1.29 is 23.4 Å². The Hall–Kier alpha value is -4.89. The fourth-order valence-corrected chi connectivity index (χ4v) is 6.59. The molecule has 4 aromatic carbocycles. The molecule has 0 saturated carbocycles. The molecule has 0 unspecified atom stereocenters. The lowest BCUT2D eigenvalue weighted by molar-refractivity contribution is -0.127. The second-order valence-electron chi connectivity index (χ2n) is 14.0. The summed E-state index contributed by atoms with van der Waals surface area (Å²) in [5.74, 6) is 2.51. The van der Waals surface area contributed by atoms with Crippen molar-refractivity contribution in [3.8, 4) is 23.1 Å². The summed E-state index contributed by atoms with van der Waals surface area (Å²) in [5, 5.41) is 0.410. The van der Waals surface area contributed by atoms with E-state index in [9.17, 15) is 9.18 Å². The zero-order chi connectivity index (χ0) is 38.0. The normalized spacial score (nSPS) is 13.2. The molecule has 288 valence electrons. The van der Waals surface area contributed by atoms with Crippen molar-refractivity contribution in [1.29, 1.82) is 0 Å². The molecule has 10 heteroatoms. The summed E-state index contributed by atoms with van der Waals surface area (Å²) in [6.45, 7) is 12.7. The van der Waals surface area contributed by atoms with E-state index in [2.05, 4.69) is 60.1 Å². The molecular formula is C45H48Cl2FN3O4. The molecule has 55 heavy (non-hydrogen) atoms. The number of hydrogen-bond acceptors (Lipinski definition) is 6. The molecule has 0 N–H and O–H groups in total. The number of carbonyl (C=O) groups is 1. The predicted molar refractivity (Wildman–Crippen MR) is 220 cm³/mol. The number of amides is 1. The maximum absolute atomic E-state index is 13.8. The van der Waals surface area contributed by atoms with Gasteiger partial charge in [-0.3, -0.25) is 9.69 Å². The van der Waals surface area contributed by atoms with Gasteiger partial charge in [-0.1, -0.05) is 74.0 Å². The average molecular weight is 785 g/mol. The minimum Gasteiger partial charge on any atom is -0.493 e. The predicted octanol–water partition coefficient (Wildman–Crippen LogP) is 10.4. The van der Waals surface area contributed by atoms with Crippen LogP contribution in [0.3, 0.4) is 0 Å². The summed E-state index contributed by atoms with van der Waals surface area (Å²) in [6, 6.07) is 29.2. The number of aryl methyl sites for hydroxylation is 1. The lowest BCUT2D eigenvalue weighted by atomic mass is 10.0. The van der Waals surface area contributed by atoms with Gasteiger partial charge in [0.2, 0.25) is 11.8 Å². The van der Waals surface area contributed by atoms with Crippen LogP contribution in [-0.2, 0) is 24.4 Å². The fourth-order valence-electron chi connectivity index (χ4n) is 6.27. The van der Waals surface area contributed by atoms with Crippen molar-refractivity contribution in [2.24, 2.45) is 0 Å². The molecule has 0 spiro atoms. The molecule has 1 aliphatic heterocycles. The minimum absolute atomic E-state index is 0. The third-order valence-corrected chi connectivity index (χ3v) is 9.96. The number of rotatable bonds is 14. The standard InChI is InChI=1S/C45H47ClFN3O4.ClH/c1-31(2)37-13-15-39(16-14-37)52-25-20-34-8-10-35(11-9-34)29-49-21-23-50(24-22-49)44(51)19-12-36-26-32(3)45(41(46)27-36)54-43-18-17-40(28-48-43)53-30-38-6-5-7-42(47)33(38)4;/h5-19,26-28,31H,20-25,29-30H2,1-4H3;1H/b19-12+;. The van der Waals surface area contributed by atoms with Crippen molar-refractivity contribution in [1.82, 2.24) is 14.8 Å². The lowest BCUT2D eigenvalue weighted by Gasteiger charge is -2.34.